The molecule has 1 saturated carbocycles. The van der Waals surface area contributed by atoms with Crippen molar-refractivity contribution in [2.75, 3.05) is 6.61 Å². The van der Waals surface area contributed by atoms with E-state index in [0.29, 0.717) is 0 Å². The first kappa shape index (κ1) is 15.3. The topological polar surface area (TPSA) is 49.3 Å². The van der Waals surface area contributed by atoms with Crippen LogP contribution in [0.4, 0.5) is 0 Å². The van der Waals surface area contributed by atoms with Gasteiger partial charge in [-0.1, -0.05) is 53.4 Å². The smallest absolute Gasteiger partial charge is 0.244 e. The molecule has 20 heavy (non-hydrogen) atoms. The van der Waals surface area contributed by atoms with Gasteiger partial charge in [0.25, 0.3) is 0 Å². The molecule has 3 nitrogen and oxygen atoms in total. The van der Waals surface area contributed by atoms with Crippen LogP contribution in [-0.2, 0) is 4.79 Å². The summed E-state index contributed by atoms with van der Waals surface area (Å²) in [6.45, 7) is 0.0155. The highest BCUT2D eigenvalue weighted by Crippen LogP contribution is 2.27. The van der Waals surface area contributed by atoms with Crippen molar-refractivity contribution < 1.29 is 9.90 Å². The number of hydrogen-bond acceptors (Lipinski definition) is 2. The van der Waals surface area contributed by atoms with E-state index in [9.17, 15) is 9.90 Å². The van der Waals surface area contributed by atoms with Gasteiger partial charge in [-0.05, 0) is 30.5 Å². The lowest BCUT2D eigenvalue weighted by Crippen LogP contribution is -2.52. The summed E-state index contributed by atoms with van der Waals surface area (Å²) in [4.78, 5) is 12.0. The fourth-order valence-electron chi connectivity index (χ4n) is 2.63. The lowest BCUT2D eigenvalue weighted by molar-refractivity contribution is -0.119. The highest BCUT2D eigenvalue weighted by atomic mass is 79.9. The average Bonchev–Trinajstić information content (AvgIpc) is 2.47. The molecular formula is C16H20BrNO2. The van der Waals surface area contributed by atoms with Crippen LogP contribution in [0.3, 0.4) is 0 Å². The van der Waals surface area contributed by atoms with Gasteiger partial charge in [-0.25, -0.2) is 0 Å². The Kier molecular flexibility index (Phi) is 5.38. The first-order chi connectivity index (χ1) is 9.65. The van der Waals surface area contributed by atoms with Gasteiger partial charge >= 0.3 is 0 Å². The molecule has 108 valence electrons. The minimum absolute atomic E-state index is 0.0155. The molecule has 0 aromatic heterocycles. The number of halogens is 1. The molecule has 1 fully saturated rings. The van der Waals surface area contributed by atoms with E-state index >= 15 is 0 Å². The number of carbonyl (C=O) groups is 1. The van der Waals surface area contributed by atoms with Gasteiger partial charge in [-0.15, -0.1) is 0 Å². The molecular weight excluding hydrogens is 318 g/mol. The van der Waals surface area contributed by atoms with E-state index in [-0.39, 0.29) is 12.5 Å². The first-order valence-electron chi connectivity index (χ1n) is 7.01. The first-order valence-corrected chi connectivity index (χ1v) is 7.80. The van der Waals surface area contributed by atoms with Gasteiger partial charge in [0.15, 0.2) is 0 Å². The standard InChI is InChI=1S/C16H20BrNO2/c17-14-7-3-2-6-13(14)8-9-15(20)18-16(12-19)10-4-1-5-11-16/h2-3,6-9,19H,1,4-5,10-12H2,(H,18,20). The molecule has 1 aliphatic rings. The molecule has 0 atom stereocenters. The summed E-state index contributed by atoms with van der Waals surface area (Å²) in [5.41, 5.74) is 0.539. The maximum Gasteiger partial charge on any atom is 0.244 e. The third kappa shape index (κ3) is 3.93. The normalized spacial score (nSPS) is 18.1. The Labute approximate surface area is 128 Å². The maximum atomic E-state index is 12.0. The molecule has 0 heterocycles. The van der Waals surface area contributed by atoms with Gasteiger partial charge in [-0.2, -0.15) is 0 Å². The second-order valence-corrected chi connectivity index (χ2v) is 6.20. The number of amides is 1. The summed E-state index contributed by atoms with van der Waals surface area (Å²) < 4.78 is 0.957. The Morgan fingerprint density at radius 3 is 2.65 bits per heavy atom. The highest BCUT2D eigenvalue weighted by molar-refractivity contribution is 9.10. The monoisotopic (exact) mass is 337 g/mol. The number of benzene rings is 1. The summed E-state index contributed by atoms with van der Waals surface area (Å²) in [5, 5.41) is 12.6. The molecule has 0 aliphatic heterocycles. The van der Waals surface area contributed by atoms with Crippen molar-refractivity contribution in [3.8, 4) is 0 Å². The van der Waals surface area contributed by atoms with E-state index in [2.05, 4.69) is 21.2 Å². The Bertz CT molecular complexity index is 493. The Balaban J connectivity index is 1.99. The highest BCUT2D eigenvalue weighted by Gasteiger charge is 2.32. The number of rotatable bonds is 4. The molecule has 0 radical (unpaired) electrons. The Hall–Kier alpha value is -1.13. The van der Waals surface area contributed by atoms with E-state index in [1.807, 2.05) is 24.3 Å². The van der Waals surface area contributed by atoms with Crippen LogP contribution in [0.5, 0.6) is 0 Å². The summed E-state index contributed by atoms with van der Waals surface area (Å²) in [6.07, 6.45) is 8.35. The van der Waals surface area contributed by atoms with Crippen LogP contribution in [0.2, 0.25) is 0 Å². The maximum absolute atomic E-state index is 12.0. The van der Waals surface area contributed by atoms with Crippen LogP contribution >= 0.6 is 15.9 Å². The number of aliphatic hydroxyl groups is 1. The van der Waals surface area contributed by atoms with Crippen molar-refractivity contribution in [3.05, 3.63) is 40.4 Å². The van der Waals surface area contributed by atoms with Crippen LogP contribution in [0.1, 0.15) is 37.7 Å². The summed E-state index contributed by atoms with van der Waals surface area (Å²) in [6, 6.07) is 7.74. The van der Waals surface area contributed by atoms with Gasteiger partial charge in [0.05, 0.1) is 12.1 Å². The van der Waals surface area contributed by atoms with E-state index in [1.54, 1.807) is 6.08 Å². The fourth-order valence-corrected chi connectivity index (χ4v) is 3.05. The molecule has 2 N–H and O–H groups in total. The number of hydrogen-bond donors (Lipinski definition) is 2. The lowest BCUT2D eigenvalue weighted by Gasteiger charge is -2.36. The molecule has 0 spiro atoms. The third-order valence-electron chi connectivity index (χ3n) is 3.82. The van der Waals surface area contributed by atoms with Gasteiger partial charge < -0.3 is 10.4 Å². The zero-order valence-corrected chi connectivity index (χ0v) is 13.0. The SMILES string of the molecule is O=C(C=Cc1ccccc1Br)NC1(CO)CCCCC1. The molecule has 4 heteroatoms. The van der Waals surface area contributed by atoms with Crippen molar-refractivity contribution in [3.63, 3.8) is 0 Å². The molecule has 1 aliphatic carbocycles. The quantitative estimate of drug-likeness (QED) is 0.828. The van der Waals surface area contributed by atoms with Gasteiger partial charge in [0.2, 0.25) is 5.91 Å². The third-order valence-corrected chi connectivity index (χ3v) is 4.54. The zero-order valence-electron chi connectivity index (χ0n) is 11.4. The van der Waals surface area contributed by atoms with E-state index in [4.69, 9.17) is 0 Å². The Morgan fingerprint density at radius 1 is 1.30 bits per heavy atom. The van der Waals surface area contributed by atoms with Crippen molar-refractivity contribution in [1.82, 2.24) is 5.32 Å². The molecule has 0 unspecified atom stereocenters. The minimum atomic E-state index is -0.423. The fraction of sp³-hybridized carbons (Fsp3) is 0.438. The van der Waals surface area contributed by atoms with Crippen LogP contribution in [0, 0.1) is 0 Å². The van der Waals surface area contributed by atoms with E-state index in [1.165, 1.54) is 12.5 Å². The van der Waals surface area contributed by atoms with Gasteiger partial charge in [0.1, 0.15) is 0 Å². The summed E-state index contributed by atoms with van der Waals surface area (Å²) in [7, 11) is 0. The minimum Gasteiger partial charge on any atom is -0.394 e. The molecule has 0 saturated heterocycles. The molecule has 0 bridgehead atoms. The number of aliphatic hydroxyl groups excluding tert-OH is 1. The van der Waals surface area contributed by atoms with Crippen molar-refractivity contribution in [2.24, 2.45) is 0 Å². The predicted molar refractivity (Wildman–Crippen MR) is 84.2 cm³/mol. The van der Waals surface area contributed by atoms with E-state index < -0.39 is 5.54 Å². The molecule has 1 amide bonds. The van der Waals surface area contributed by atoms with Crippen LogP contribution in [0.15, 0.2) is 34.8 Å². The summed E-state index contributed by atoms with van der Waals surface area (Å²) >= 11 is 3.45. The van der Waals surface area contributed by atoms with Gasteiger partial charge in [0, 0.05) is 10.5 Å². The lowest BCUT2D eigenvalue weighted by atomic mass is 9.82. The van der Waals surface area contributed by atoms with Crippen LogP contribution in [-0.4, -0.2) is 23.2 Å². The van der Waals surface area contributed by atoms with Crippen molar-refractivity contribution in [1.29, 1.82) is 0 Å². The number of nitrogens with one attached hydrogen (secondary N) is 1. The summed E-state index contributed by atoms with van der Waals surface area (Å²) in [5.74, 6) is -0.142. The van der Waals surface area contributed by atoms with Crippen molar-refractivity contribution in [2.45, 2.75) is 37.6 Å². The zero-order chi connectivity index (χ0) is 14.4. The van der Waals surface area contributed by atoms with E-state index in [0.717, 1.165) is 35.7 Å². The average molecular weight is 338 g/mol. The van der Waals surface area contributed by atoms with Crippen LogP contribution < -0.4 is 5.32 Å². The largest absolute Gasteiger partial charge is 0.394 e. The second kappa shape index (κ2) is 7.04. The molecule has 1 aromatic carbocycles. The number of carbonyl (C=O) groups excluding carboxylic acids is 1. The van der Waals surface area contributed by atoms with Crippen molar-refractivity contribution >= 4 is 27.9 Å². The predicted octanol–water partition coefficient (Wildman–Crippen LogP) is 3.27. The van der Waals surface area contributed by atoms with Gasteiger partial charge in [-0.3, -0.25) is 4.79 Å². The Morgan fingerprint density at radius 2 is 2.00 bits per heavy atom. The molecule has 2 rings (SSSR count). The van der Waals surface area contributed by atoms with Crippen LogP contribution in [0.25, 0.3) is 6.08 Å². The second-order valence-electron chi connectivity index (χ2n) is 5.34. The molecule has 1 aromatic rings.